The van der Waals surface area contributed by atoms with Crippen LogP contribution in [0.25, 0.3) is 27.9 Å². The smallest absolute Gasteiger partial charge is 0.256 e. The summed E-state index contributed by atoms with van der Waals surface area (Å²) in [7, 11) is 0. The first-order valence-electron chi connectivity index (χ1n) is 12.1. The Labute approximate surface area is 206 Å². The van der Waals surface area contributed by atoms with Crippen LogP contribution in [0.15, 0.2) is 18.3 Å². The van der Waals surface area contributed by atoms with Crippen molar-refractivity contribution in [2.24, 2.45) is 0 Å². The van der Waals surface area contributed by atoms with E-state index in [4.69, 9.17) is 11.5 Å². The molecule has 0 saturated heterocycles. The summed E-state index contributed by atoms with van der Waals surface area (Å²) < 4.78 is 42.7. The molecule has 5 N–H and O–H groups in total. The Bertz CT molecular complexity index is 1360. The highest BCUT2D eigenvalue weighted by atomic mass is 19.3. The molecule has 0 aliphatic heterocycles. The molecule has 9 nitrogen and oxygen atoms in total. The molecule has 5 rings (SSSR count). The second-order valence-corrected chi connectivity index (χ2v) is 9.24. The van der Waals surface area contributed by atoms with Gasteiger partial charge in [0.2, 0.25) is 5.95 Å². The van der Waals surface area contributed by atoms with Gasteiger partial charge in [0.05, 0.1) is 29.6 Å². The Morgan fingerprint density at radius 1 is 1.11 bits per heavy atom. The molecule has 0 amide bonds. The van der Waals surface area contributed by atoms with E-state index in [9.17, 15) is 18.3 Å². The van der Waals surface area contributed by atoms with Crippen molar-refractivity contribution in [2.75, 3.05) is 11.5 Å². The molecule has 194 valence electrons. The molecule has 1 aliphatic carbocycles. The first kappa shape index (κ1) is 25.7. The number of imidazole rings is 1. The largest absolute Gasteiger partial charge is 0.390 e. The van der Waals surface area contributed by atoms with E-state index < -0.39 is 18.8 Å². The summed E-state index contributed by atoms with van der Waals surface area (Å²) in [4.78, 5) is 12.4. The predicted octanol–water partition coefficient (Wildman–Crippen LogP) is 4.50. The van der Waals surface area contributed by atoms with Crippen molar-refractivity contribution < 1.29 is 18.3 Å². The van der Waals surface area contributed by atoms with Crippen molar-refractivity contribution in [3.63, 3.8) is 0 Å². The van der Waals surface area contributed by atoms with Gasteiger partial charge in [-0.15, -0.1) is 5.10 Å². The van der Waals surface area contributed by atoms with Crippen LogP contribution in [0.5, 0.6) is 0 Å². The molecule has 0 unspecified atom stereocenters. The summed E-state index contributed by atoms with van der Waals surface area (Å²) in [5, 5.41) is 13.8. The van der Waals surface area contributed by atoms with Gasteiger partial charge in [-0.05, 0) is 38.3 Å². The van der Waals surface area contributed by atoms with Crippen LogP contribution in [-0.4, -0.2) is 46.3 Å². The summed E-state index contributed by atoms with van der Waals surface area (Å²) in [6.07, 6.45) is 6.53. The van der Waals surface area contributed by atoms with Crippen LogP contribution in [0.3, 0.4) is 0 Å². The topological polar surface area (TPSA) is 133 Å². The lowest BCUT2D eigenvalue weighted by Crippen LogP contribution is -2.30. The number of aryl methyl sites for hydroxylation is 1. The van der Waals surface area contributed by atoms with Crippen molar-refractivity contribution in [2.45, 2.75) is 77.4 Å². The summed E-state index contributed by atoms with van der Waals surface area (Å²) in [6, 6.07) is 3.12. The molecular weight excluding hydrogens is 473 g/mol. The van der Waals surface area contributed by atoms with Crippen LogP contribution in [0, 0.1) is 12.7 Å². The van der Waals surface area contributed by atoms with E-state index in [1.54, 1.807) is 13.0 Å². The zero-order valence-electron chi connectivity index (χ0n) is 20.4. The lowest BCUT2D eigenvalue weighted by atomic mass is 9.82. The molecule has 4 aromatic heterocycles. The fraction of sp³-hybridized carbons (Fsp3) is 0.500. The summed E-state index contributed by atoms with van der Waals surface area (Å²) in [6.45, 7) is 3.19. The third-order valence-corrected chi connectivity index (χ3v) is 6.49. The van der Waals surface area contributed by atoms with Crippen LogP contribution >= 0.6 is 0 Å². The average molecular weight is 505 g/mol. The van der Waals surface area contributed by atoms with Gasteiger partial charge >= 0.3 is 0 Å². The molecule has 1 fully saturated rings. The molecule has 0 bridgehead atoms. The summed E-state index contributed by atoms with van der Waals surface area (Å²) in [5.74, 6) is -0.371. The Kier molecular flexibility index (Phi) is 7.34. The summed E-state index contributed by atoms with van der Waals surface area (Å²) >= 11 is 0. The lowest BCUT2D eigenvalue weighted by molar-refractivity contribution is -0.00427. The Balaban J connectivity index is 0.000000256. The van der Waals surface area contributed by atoms with Gasteiger partial charge in [0.15, 0.2) is 17.3 Å². The first-order chi connectivity index (χ1) is 17.1. The Hall–Kier alpha value is -3.41. The second kappa shape index (κ2) is 10.3. The minimum atomic E-state index is -2.57. The van der Waals surface area contributed by atoms with Crippen LogP contribution in [0.2, 0.25) is 0 Å². The molecule has 4 aromatic rings. The Morgan fingerprint density at radius 3 is 2.50 bits per heavy atom. The first-order valence-corrected chi connectivity index (χ1v) is 12.1. The standard InChI is InChI=1S/C15H13F3N8.C9H18O/c1-6-21-9-3-2-8(22-14(9)25(6)5-10(17)18)11-7(16)4-26-12(11)13(19)23-15(20)24-26;1-2-6-9(10)7-4-3-5-8-9/h2-4,10H,5H2,1H3,(H4,19,20,23,24);10H,2-8H2,1H3. The normalized spacial score (nSPS) is 15.4. The maximum atomic E-state index is 14.6. The SMILES string of the molecule is CCCC1(O)CCCCC1.Cc1nc2ccc(-c3c(F)cn4nc(N)nc(N)c34)nc2n1CC(F)F. The van der Waals surface area contributed by atoms with Gasteiger partial charge in [-0.25, -0.2) is 27.7 Å². The molecular formula is C24H31F3N8O. The number of anilines is 2. The quantitative estimate of drug-likeness (QED) is 0.364. The van der Waals surface area contributed by atoms with Crippen LogP contribution in [-0.2, 0) is 6.54 Å². The number of nitrogens with two attached hydrogens (primary N) is 2. The van der Waals surface area contributed by atoms with Gasteiger partial charge in [0, 0.05) is 0 Å². The number of fused-ring (bicyclic) bond motifs is 2. The number of halogens is 3. The highest BCUT2D eigenvalue weighted by Gasteiger charge is 2.27. The molecule has 0 atom stereocenters. The van der Waals surface area contributed by atoms with Gasteiger partial charge in [-0.1, -0.05) is 32.6 Å². The number of rotatable bonds is 5. The molecule has 1 saturated carbocycles. The third-order valence-electron chi connectivity index (χ3n) is 6.49. The number of alkyl halides is 2. The minimum absolute atomic E-state index is 0.0180. The zero-order valence-corrected chi connectivity index (χ0v) is 20.4. The van der Waals surface area contributed by atoms with Gasteiger partial charge in [-0.2, -0.15) is 4.98 Å². The molecule has 36 heavy (non-hydrogen) atoms. The number of aromatic nitrogens is 6. The third kappa shape index (κ3) is 5.23. The van der Waals surface area contributed by atoms with E-state index in [0.717, 1.165) is 31.9 Å². The molecule has 4 heterocycles. The number of hydrogen-bond acceptors (Lipinski definition) is 7. The molecule has 1 aliphatic rings. The van der Waals surface area contributed by atoms with Crippen molar-refractivity contribution in [1.82, 2.24) is 29.1 Å². The van der Waals surface area contributed by atoms with Crippen molar-refractivity contribution in [3.05, 3.63) is 30.0 Å². The molecule has 0 radical (unpaired) electrons. The number of aliphatic hydroxyl groups is 1. The van der Waals surface area contributed by atoms with Crippen LogP contribution in [0.4, 0.5) is 24.9 Å². The fourth-order valence-corrected chi connectivity index (χ4v) is 4.88. The van der Waals surface area contributed by atoms with E-state index in [2.05, 4.69) is 27.0 Å². The molecule has 12 heteroatoms. The van der Waals surface area contributed by atoms with Gasteiger partial charge in [0.25, 0.3) is 6.43 Å². The molecule has 0 spiro atoms. The van der Waals surface area contributed by atoms with Gasteiger partial charge in [-0.3, -0.25) is 0 Å². The second-order valence-electron chi connectivity index (χ2n) is 9.24. The maximum Gasteiger partial charge on any atom is 0.256 e. The van der Waals surface area contributed by atoms with E-state index in [1.807, 2.05) is 0 Å². The maximum absolute atomic E-state index is 14.6. The van der Waals surface area contributed by atoms with Crippen LogP contribution < -0.4 is 11.5 Å². The number of hydrogen-bond donors (Lipinski definition) is 3. The lowest BCUT2D eigenvalue weighted by Gasteiger charge is -2.31. The van der Waals surface area contributed by atoms with E-state index >= 15 is 0 Å². The van der Waals surface area contributed by atoms with Crippen LogP contribution in [0.1, 0.15) is 57.7 Å². The monoisotopic (exact) mass is 504 g/mol. The number of pyridine rings is 1. The average Bonchev–Trinajstić information content (AvgIpc) is 3.29. The van der Waals surface area contributed by atoms with Crippen molar-refractivity contribution in [1.29, 1.82) is 0 Å². The zero-order chi connectivity index (χ0) is 26.0. The predicted molar refractivity (Wildman–Crippen MR) is 132 cm³/mol. The number of nitrogens with zero attached hydrogens (tertiary/aromatic N) is 6. The van der Waals surface area contributed by atoms with E-state index in [-0.39, 0.29) is 39.8 Å². The van der Waals surface area contributed by atoms with E-state index in [0.29, 0.717) is 11.3 Å². The van der Waals surface area contributed by atoms with Gasteiger partial charge < -0.3 is 21.1 Å². The van der Waals surface area contributed by atoms with E-state index in [1.165, 1.54) is 34.4 Å². The van der Waals surface area contributed by atoms with Crippen molar-refractivity contribution in [3.8, 4) is 11.3 Å². The minimum Gasteiger partial charge on any atom is -0.390 e. The van der Waals surface area contributed by atoms with Crippen molar-refractivity contribution >= 4 is 28.4 Å². The van der Waals surface area contributed by atoms with Gasteiger partial charge in [0.1, 0.15) is 16.9 Å². The Morgan fingerprint density at radius 2 is 1.83 bits per heavy atom. The summed E-state index contributed by atoms with van der Waals surface area (Å²) in [5.41, 5.74) is 12.2. The molecule has 0 aromatic carbocycles. The fourth-order valence-electron chi connectivity index (χ4n) is 4.88. The number of nitrogen functional groups attached to an aromatic ring is 2. The highest BCUT2D eigenvalue weighted by Crippen LogP contribution is 2.32. The highest BCUT2D eigenvalue weighted by molar-refractivity contribution is 5.88.